The van der Waals surface area contributed by atoms with Crippen molar-refractivity contribution in [1.82, 2.24) is 15.0 Å². The standard InChI is InChI=1S/C26H32F3N5OS/c1-3-34(17-18-6-4-5-7-18)24-20(12-19-13-21(26(27,28)29)8-9-23(19)33-24)14-30-25-31-15-22(16-32-25)35-10-11-36-2/h8-9,12-13,15-16,18H,3-7,10-11,14,17H2,1-2H3,(H,30,31,32). The third-order valence-electron chi connectivity index (χ3n) is 6.45. The van der Waals surface area contributed by atoms with Crippen molar-refractivity contribution in [2.24, 2.45) is 5.92 Å². The van der Waals surface area contributed by atoms with Crippen LogP contribution in [0.15, 0.2) is 36.7 Å². The third kappa shape index (κ3) is 6.72. The van der Waals surface area contributed by atoms with Crippen molar-refractivity contribution in [3.8, 4) is 5.75 Å². The van der Waals surface area contributed by atoms with Crippen LogP contribution < -0.4 is 15.0 Å². The molecule has 10 heteroatoms. The van der Waals surface area contributed by atoms with Crippen molar-refractivity contribution in [3.63, 3.8) is 0 Å². The summed E-state index contributed by atoms with van der Waals surface area (Å²) in [6.45, 7) is 4.66. The van der Waals surface area contributed by atoms with E-state index in [-0.39, 0.29) is 0 Å². The number of anilines is 2. The quantitative estimate of drug-likeness (QED) is 0.294. The lowest BCUT2D eigenvalue weighted by Gasteiger charge is -2.28. The molecule has 0 radical (unpaired) electrons. The molecule has 0 amide bonds. The molecule has 0 spiro atoms. The predicted molar refractivity (Wildman–Crippen MR) is 140 cm³/mol. The smallest absolute Gasteiger partial charge is 0.416 e. The first kappa shape index (κ1) is 26.3. The Bertz CT molecular complexity index is 1140. The van der Waals surface area contributed by atoms with E-state index in [9.17, 15) is 13.2 Å². The van der Waals surface area contributed by atoms with Crippen LogP contribution in [0, 0.1) is 5.92 Å². The average Bonchev–Trinajstić information content (AvgIpc) is 3.39. The number of hydrogen-bond acceptors (Lipinski definition) is 7. The zero-order valence-electron chi connectivity index (χ0n) is 20.6. The van der Waals surface area contributed by atoms with Gasteiger partial charge in [0.1, 0.15) is 5.82 Å². The van der Waals surface area contributed by atoms with E-state index in [1.807, 2.05) is 6.26 Å². The Morgan fingerprint density at radius 1 is 1.14 bits per heavy atom. The first-order valence-corrected chi connectivity index (χ1v) is 13.7. The second-order valence-corrected chi connectivity index (χ2v) is 9.99. The second kappa shape index (κ2) is 12.0. The summed E-state index contributed by atoms with van der Waals surface area (Å²) in [4.78, 5) is 15.7. The first-order valence-electron chi connectivity index (χ1n) is 12.3. The van der Waals surface area contributed by atoms with Crippen LogP contribution in [0.2, 0.25) is 0 Å². The monoisotopic (exact) mass is 519 g/mol. The van der Waals surface area contributed by atoms with Gasteiger partial charge in [0.15, 0.2) is 5.75 Å². The fraction of sp³-hybridized carbons (Fsp3) is 0.500. The highest BCUT2D eigenvalue weighted by atomic mass is 32.2. The van der Waals surface area contributed by atoms with Gasteiger partial charge in [0.2, 0.25) is 5.95 Å². The molecule has 6 nitrogen and oxygen atoms in total. The van der Waals surface area contributed by atoms with E-state index in [0.717, 1.165) is 36.3 Å². The Kier molecular flexibility index (Phi) is 8.77. The summed E-state index contributed by atoms with van der Waals surface area (Å²) in [7, 11) is 0. The lowest BCUT2D eigenvalue weighted by Crippen LogP contribution is -2.30. The Balaban J connectivity index is 1.60. The first-order chi connectivity index (χ1) is 17.4. The molecule has 0 aliphatic heterocycles. The number of ether oxygens (including phenoxy) is 1. The Morgan fingerprint density at radius 3 is 2.56 bits per heavy atom. The Hall–Kier alpha value is -2.75. The van der Waals surface area contributed by atoms with Gasteiger partial charge in [-0.3, -0.25) is 0 Å². The van der Waals surface area contributed by atoms with E-state index in [4.69, 9.17) is 9.72 Å². The van der Waals surface area contributed by atoms with Crippen LogP contribution in [0.3, 0.4) is 0 Å². The summed E-state index contributed by atoms with van der Waals surface area (Å²) >= 11 is 1.70. The van der Waals surface area contributed by atoms with Gasteiger partial charge in [-0.1, -0.05) is 12.8 Å². The van der Waals surface area contributed by atoms with Crippen LogP contribution in [0.5, 0.6) is 5.75 Å². The van der Waals surface area contributed by atoms with Crippen LogP contribution >= 0.6 is 11.8 Å². The number of pyridine rings is 1. The van der Waals surface area contributed by atoms with E-state index in [2.05, 4.69) is 27.1 Å². The minimum atomic E-state index is -4.41. The van der Waals surface area contributed by atoms with E-state index >= 15 is 0 Å². The molecular weight excluding hydrogens is 487 g/mol. The van der Waals surface area contributed by atoms with Crippen LogP contribution in [0.25, 0.3) is 10.9 Å². The number of fused-ring (bicyclic) bond motifs is 1. The fourth-order valence-corrected chi connectivity index (χ4v) is 4.81. The molecule has 0 unspecified atom stereocenters. The highest BCUT2D eigenvalue weighted by Gasteiger charge is 2.30. The summed E-state index contributed by atoms with van der Waals surface area (Å²) < 4.78 is 45.6. The molecule has 36 heavy (non-hydrogen) atoms. The number of rotatable bonds is 11. The predicted octanol–water partition coefficient (Wildman–Crippen LogP) is 6.41. The molecule has 1 fully saturated rings. The summed E-state index contributed by atoms with van der Waals surface area (Å²) in [6, 6.07) is 5.53. The third-order valence-corrected chi connectivity index (χ3v) is 7.03. The molecule has 0 saturated heterocycles. The van der Waals surface area contributed by atoms with Gasteiger partial charge < -0.3 is 15.0 Å². The molecule has 1 saturated carbocycles. The van der Waals surface area contributed by atoms with Crippen molar-refractivity contribution in [3.05, 3.63) is 47.8 Å². The van der Waals surface area contributed by atoms with Gasteiger partial charge >= 0.3 is 6.18 Å². The van der Waals surface area contributed by atoms with Gasteiger partial charge in [0, 0.05) is 36.3 Å². The van der Waals surface area contributed by atoms with Crippen LogP contribution in [0.1, 0.15) is 43.7 Å². The minimum Gasteiger partial charge on any atom is -0.489 e. The molecule has 1 aliphatic carbocycles. The lowest BCUT2D eigenvalue weighted by molar-refractivity contribution is -0.137. The molecule has 0 bridgehead atoms. The number of benzene rings is 1. The molecule has 3 aromatic rings. The summed E-state index contributed by atoms with van der Waals surface area (Å²) in [5.41, 5.74) is 0.683. The van der Waals surface area contributed by atoms with Crippen molar-refractivity contribution in [1.29, 1.82) is 0 Å². The van der Waals surface area contributed by atoms with Gasteiger partial charge in [0.05, 0.1) is 30.1 Å². The topological polar surface area (TPSA) is 63.2 Å². The molecular formula is C26H32F3N5OS. The summed E-state index contributed by atoms with van der Waals surface area (Å²) in [5.74, 6) is 3.29. The summed E-state index contributed by atoms with van der Waals surface area (Å²) in [5, 5.41) is 3.67. The maximum atomic E-state index is 13.3. The summed E-state index contributed by atoms with van der Waals surface area (Å²) in [6.07, 6.45) is 5.73. The highest BCUT2D eigenvalue weighted by molar-refractivity contribution is 7.98. The molecule has 1 aromatic carbocycles. The normalized spacial score (nSPS) is 14.4. The van der Waals surface area contributed by atoms with Gasteiger partial charge in [-0.2, -0.15) is 24.9 Å². The number of aromatic nitrogens is 3. The SMILES string of the molecule is CCN(CC1CCCC1)c1nc2ccc(C(F)(F)F)cc2cc1CNc1ncc(OCCSC)cn1. The highest BCUT2D eigenvalue weighted by Crippen LogP contribution is 2.34. The zero-order valence-corrected chi connectivity index (χ0v) is 21.5. The van der Waals surface area contributed by atoms with Gasteiger partial charge in [-0.05, 0) is 56.2 Å². The van der Waals surface area contributed by atoms with Crippen molar-refractivity contribution in [2.45, 2.75) is 45.3 Å². The lowest BCUT2D eigenvalue weighted by atomic mass is 10.1. The zero-order chi connectivity index (χ0) is 25.5. The molecule has 0 atom stereocenters. The van der Waals surface area contributed by atoms with Crippen LogP contribution in [0.4, 0.5) is 24.9 Å². The number of alkyl halides is 3. The number of hydrogen-bond donors (Lipinski definition) is 1. The Morgan fingerprint density at radius 2 is 1.89 bits per heavy atom. The van der Waals surface area contributed by atoms with E-state index in [0.29, 0.717) is 41.7 Å². The second-order valence-electron chi connectivity index (χ2n) is 9.00. The maximum absolute atomic E-state index is 13.3. The molecule has 2 heterocycles. The van der Waals surface area contributed by atoms with Crippen molar-refractivity contribution < 1.29 is 17.9 Å². The minimum absolute atomic E-state index is 0.336. The number of thioether (sulfide) groups is 1. The Labute approximate surface area is 214 Å². The molecule has 2 aromatic heterocycles. The number of nitrogens with one attached hydrogen (secondary N) is 1. The molecule has 1 N–H and O–H groups in total. The van der Waals surface area contributed by atoms with Gasteiger partial charge in [-0.25, -0.2) is 15.0 Å². The number of halogens is 3. The average molecular weight is 520 g/mol. The number of nitrogens with zero attached hydrogens (tertiary/aromatic N) is 4. The maximum Gasteiger partial charge on any atom is 0.416 e. The van der Waals surface area contributed by atoms with E-state index in [1.54, 1.807) is 30.2 Å². The van der Waals surface area contributed by atoms with Gasteiger partial charge in [0.25, 0.3) is 0 Å². The largest absolute Gasteiger partial charge is 0.489 e. The fourth-order valence-electron chi connectivity index (χ4n) is 4.56. The molecule has 194 valence electrons. The molecule has 4 rings (SSSR count). The van der Waals surface area contributed by atoms with E-state index < -0.39 is 11.7 Å². The van der Waals surface area contributed by atoms with Crippen molar-refractivity contribution in [2.75, 3.05) is 41.9 Å². The molecule has 1 aliphatic rings. The van der Waals surface area contributed by atoms with Gasteiger partial charge in [-0.15, -0.1) is 0 Å². The van der Waals surface area contributed by atoms with Crippen molar-refractivity contribution >= 4 is 34.4 Å². The van der Waals surface area contributed by atoms with E-state index in [1.165, 1.54) is 37.8 Å². The van der Waals surface area contributed by atoms with Crippen LogP contribution in [-0.2, 0) is 12.7 Å². The van der Waals surface area contributed by atoms with Crippen LogP contribution in [-0.4, -0.2) is 46.7 Å².